The van der Waals surface area contributed by atoms with Crippen molar-refractivity contribution in [3.05, 3.63) is 29.8 Å². The van der Waals surface area contributed by atoms with Crippen LogP contribution in [0.5, 0.6) is 5.75 Å². The molecule has 2 N–H and O–H groups in total. The predicted octanol–water partition coefficient (Wildman–Crippen LogP) is 1.16. The number of rotatable bonds is 2. The molecule has 68 valence electrons. The quantitative estimate of drug-likeness (QED) is 0.661. The van der Waals surface area contributed by atoms with E-state index in [0.717, 1.165) is 5.56 Å². The van der Waals surface area contributed by atoms with Gasteiger partial charge in [-0.3, -0.25) is 0 Å². The molecular weight excluding hydrogens is 162 g/mol. The van der Waals surface area contributed by atoms with E-state index >= 15 is 0 Å². The molecule has 13 heavy (non-hydrogen) atoms. The fraction of sp³-hybridized carbons (Fsp3) is 0.273. The van der Waals surface area contributed by atoms with Crippen molar-refractivity contribution in [3.63, 3.8) is 0 Å². The predicted molar refractivity (Wildman–Crippen MR) is 53.5 cm³/mol. The molecule has 2 heteroatoms. The normalized spacial score (nSPS) is 9.00. The number of hydrogen-bond donors (Lipinski definition) is 2. The minimum atomic E-state index is 0.321. The van der Waals surface area contributed by atoms with Gasteiger partial charge < -0.3 is 10.4 Å². The van der Waals surface area contributed by atoms with Gasteiger partial charge in [-0.25, -0.2) is 0 Å². The Hall–Kier alpha value is -1.46. The number of phenols is 1. The summed E-state index contributed by atoms with van der Waals surface area (Å²) in [5, 5.41) is 12.3. The van der Waals surface area contributed by atoms with Crippen LogP contribution in [0.4, 0.5) is 0 Å². The SMILES string of the molecule is CNCC#CCc1ccccc1O. The zero-order valence-corrected chi connectivity index (χ0v) is 7.67. The van der Waals surface area contributed by atoms with Gasteiger partial charge in [0.2, 0.25) is 0 Å². The maximum Gasteiger partial charge on any atom is 0.119 e. The van der Waals surface area contributed by atoms with Gasteiger partial charge >= 0.3 is 0 Å². The van der Waals surface area contributed by atoms with Gasteiger partial charge in [0.25, 0.3) is 0 Å². The van der Waals surface area contributed by atoms with E-state index in [-0.39, 0.29) is 0 Å². The first-order chi connectivity index (χ1) is 6.34. The van der Waals surface area contributed by atoms with Crippen molar-refractivity contribution in [1.82, 2.24) is 5.32 Å². The van der Waals surface area contributed by atoms with E-state index in [1.807, 2.05) is 19.2 Å². The van der Waals surface area contributed by atoms with E-state index in [1.165, 1.54) is 0 Å². The van der Waals surface area contributed by atoms with Crippen LogP contribution < -0.4 is 5.32 Å². The number of nitrogens with one attached hydrogen (secondary N) is 1. The molecule has 1 aromatic rings. The fourth-order valence-corrected chi connectivity index (χ4v) is 0.969. The Labute approximate surface area is 78.6 Å². The molecule has 0 aliphatic heterocycles. The van der Waals surface area contributed by atoms with E-state index in [0.29, 0.717) is 18.7 Å². The van der Waals surface area contributed by atoms with Gasteiger partial charge in [-0.15, -0.1) is 0 Å². The number of hydrogen-bond acceptors (Lipinski definition) is 2. The van der Waals surface area contributed by atoms with Crippen LogP contribution in [0.3, 0.4) is 0 Å². The highest BCUT2D eigenvalue weighted by molar-refractivity contribution is 5.34. The number of phenolic OH excluding ortho intramolecular Hbond substituents is 1. The van der Waals surface area contributed by atoms with Crippen LogP contribution in [0.15, 0.2) is 24.3 Å². The highest BCUT2D eigenvalue weighted by Crippen LogP contribution is 2.15. The molecular formula is C11H13NO. The van der Waals surface area contributed by atoms with Crippen molar-refractivity contribution in [2.45, 2.75) is 6.42 Å². The van der Waals surface area contributed by atoms with Crippen molar-refractivity contribution in [1.29, 1.82) is 0 Å². The topological polar surface area (TPSA) is 32.3 Å². The van der Waals surface area contributed by atoms with E-state index < -0.39 is 0 Å². The zero-order chi connectivity index (χ0) is 9.52. The summed E-state index contributed by atoms with van der Waals surface area (Å²) in [4.78, 5) is 0. The van der Waals surface area contributed by atoms with Crippen molar-refractivity contribution < 1.29 is 5.11 Å². The molecule has 2 nitrogen and oxygen atoms in total. The first kappa shape index (κ1) is 9.63. The molecule has 0 atom stereocenters. The molecule has 0 bridgehead atoms. The molecule has 0 aromatic heterocycles. The summed E-state index contributed by atoms with van der Waals surface area (Å²) in [5.41, 5.74) is 0.881. The Morgan fingerprint density at radius 1 is 1.31 bits per heavy atom. The zero-order valence-electron chi connectivity index (χ0n) is 7.67. The minimum Gasteiger partial charge on any atom is -0.508 e. The molecule has 0 aliphatic carbocycles. The number of para-hydroxylation sites is 1. The molecule has 0 aliphatic rings. The van der Waals surface area contributed by atoms with E-state index in [1.54, 1.807) is 12.1 Å². The van der Waals surface area contributed by atoms with Crippen LogP contribution in [-0.2, 0) is 6.42 Å². The molecule has 0 radical (unpaired) electrons. The van der Waals surface area contributed by atoms with Gasteiger partial charge in [-0.2, -0.15) is 0 Å². The lowest BCUT2D eigenvalue weighted by atomic mass is 10.1. The summed E-state index contributed by atoms with van der Waals surface area (Å²) in [6, 6.07) is 7.26. The largest absolute Gasteiger partial charge is 0.508 e. The highest BCUT2D eigenvalue weighted by Gasteiger charge is 1.94. The first-order valence-electron chi connectivity index (χ1n) is 4.22. The van der Waals surface area contributed by atoms with Crippen molar-refractivity contribution >= 4 is 0 Å². The van der Waals surface area contributed by atoms with Crippen molar-refractivity contribution in [2.75, 3.05) is 13.6 Å². The molecule has 0 spiro atoms. The molecule has 0 saturated heterocycles. The fourth-order valence-electron chi connectivity index (χ4n) is 0.969. The number of aromatic hydroxyl groups is 1. The molecule has 0 saturated carbocycles. The maximum absolute atomic E-state index is 9.38. The second-order valence-corrected chi connectivity index (χ2v) is 2.69. The van der Waals surface area contributed by atoms with Crippen molar-refractivity contribution in [3.8, 4) is 17.6 Å². The second kappa shape index (κ2) is 5.23. The Bertz CT molecular complexity index is 322. The average molecular weight is 175 g/mol. The summed E-state index contributed by atoms with van der Waals surface area (Å²) < 4.78 is 0. The average Bonchev–Trinajstić information content (AvgIpc) is 2.15. The van der Waals surface area contributed by atoms with Gasteiger partial charge in [-0.1, -0.05) is 30.0 Å². The molecule has 0 heterocycles. The second-order valence-electron chi connectivity index (χ2n) is 2.69. The third kappa shape index (κ3) is 3.18. The molecule has 0 amide bonds. The summed E-state index contributed by atoms with van der Waals surface area (Å²) >= 11 is 0. The molecule has 0 fully saturated rings. The van der Waals surface area contributed by atoms with Gasteiger partial charge in [0.1, 0.15) is 5.75 Å². The molecule has 1 rings (SSSR count). The van der Waals surface area contributed by atoms with Gasteiger partial charge in [0.05, 0.1) is 6.54 Å². The minimum absolute atomic E-state index is 0.321. The summed E-state index contributed by atoms with van der Waals surface area (Å²) in [7, 11) is 1.86. The lowest BCUT2D eigenvalue weighted by Crippen LogP contribution is -2.04. The monoisotopic (exact) mass is 175 g/mol. The summed E-state index contributed by atoms with van der Waals surface area (Å²) in [5.74, 6) is 6.23. The molecule has 0 unspecified atom stereocenters. The lowest BCUT2D eigenvalue weighted by Gasteiger charge is -1.97. The van der Waals surface area contributed by atoms with Gasteiger partial charge in [0.15, 0.2) is 0 Å². The molecule has 1 aromatic carbocycles. The number of benzene rings is 1. The third-order valence-electron chi connectivity index (χ3n) is 1.66. The van der Waals surface area contributed by atoms with Crippen LogP contribution in [0.25, 0.3) is 0 Å². The van der Waals surface area contributed by atoms with Gasteiger partial charge in [0, 0.05) is 12.0 Å². The Morgan fingerprint density at radius 3 is 2.77 bits per heavy atom. The van der Waals surface area contributed by atoms with Crippen molar-refractivity contribution in [2.24, 2.45) is 0 Å². The Morgan fingerprint density at radius 2 is 2.08 bits per heavy atom. The first-order valence-corrected chi connectivity index (χ1v) is 4.22. The van der Waals surface area contributed by atoms with E-state index in [9.17, 15) is 5.11 Å². The van der Waals surface area contributed by atoms with Crippen LogP contribution in [0.1, 0.15) is 5.56 Å². The van der Waals surface area contributed by atoms with Crippen LogP contribution in [0, 0.1) is 11.8 Å². The maximum atomic E-state index is 9.38. The standard InChI is InChI=1S/C11H13NO/c1-12-9-5-4-7-10-6-2-3-8-11(10)13/h2-3,6,8,12-13H,7,9H2,1H3. The Kier molecular flexibility index (Phi) is 3.87. The smallest absolute Gasteiger partial charge is 0.119 e. The highest BCUT2D eigenvalue weighted by atomic mass is 16.3. The van der Waals surface area contributed by atoms with Crippen LogP contribution >= 0.6 is 0 Å². The van der Waals surface area contributed by atoms with E-state index in [2.05, 4.69) is 17.2 Å². The summed E-state index contributed by atoms with van der Waals surface area (Å²) in [6.45, 7) is 0.688. The van der Waals surface area contributed by atoms with Crippen LogP contribution in [0.2, 0.25) is 0 Å². The van der Waals surface area contributed by atoms with E-state index in [4.69, 9.17) is 0 Å². The summed E-state index contributed by atoms with van der Waals surface area (Å²) in [6.07, 6.45) is 0.606. The third-order valence-corrected chi connectivity index (χ3v) is 1.66. The van der Waals surface area contributed by atoms with Crippen LogP contribution in [-0.4, -0.2) is 18.7 Å². The van der Waals surface area contributed by atoms with Gasteiger partial charge in [-0.05, 0) is 13.1 Å². The Balaban J connectivity index is 2.56. The lowest BCUT2D eigenvalue weighted by molar-refractivity contribution is 0.470.